The summed E-state index contributed by atoms with van der Waals surface area (Å²) in [6.45, 7) is 13.5. The molecule has 0 bridgehead atoms. The highest BCUT2D eigenvalue weighted by molar-refractivity contribution is 5.92. The molecule has 53 heavy (non-hydrogen) atoms. The Kier molecular flexibility index (Phi) is 25.0. The molecule has 0 aromatic carbocycles. The van der Waals surface area contributed by atoms with E-state index in [0.717, 1.165) is 89.7 Å². The first-order chi connectivity index (χ1) is 25.1. The fourth-order valence-electron chi connectivity index (χ4n) is 6.34. The fraction of sp³-hybridized carbons (Fsp3) is 0.865. The molecule has 11 N–H and O–H groups in total. The molecule has 6 aliphatic heterocycles. The largest absolute Gasteiger partial charge is 0.503 e. The third-order valence-corrected chi connectivity index (χ3v) is 10.4. The number of likely N-dealkylation sites (tertiary alicyclic amines) is 2. The van der Waals surface area contributed by atoms with Gasteiger partial charge in [-0.05, 0) is 96.6 Å². The SMILES string of the molecule is CC1=C(O)C(=O)NCC1.CC[C@H]1CCN(C)C[C@H]1O.CN1CC[C@H](CO)[C@H](O)C1.C[C@H]1CCNC(=O)[C@H]1O.O=C1CCCN1.OC[C@H]1CCNC[C@H]1O. The van der Waals surface area contributed by atoms with E-state index in [1.165, 1.54) is 0 Å². The van der Waals surface area contributed by atoms with E-state index in [2.05, 4.69) is 45.0 Å². The van der Waals surface area contributed by atoms with Crippen molar-refractivity contribution in [2.45, 2.75) is 96.6 Å². The maximum atomic E-state index is 10.6. The van der Waals surface area contributed by atoms with Crippen LogP contribution < -0.4 is 21.3 Å². The molecule has 5 fully saturated rings. The molecule has 6 rings (SSSR count). The Morgan fingerprint density at radius 3 is 1.68 bits per heavy atom. The van der Waals surface area contributed by atoms with E-state index in [0.29, 0.717) is 32.1 Å². The normalized spacial score (nSPS) is 31.8. The third kappa shape index (κ3) is 19.7. The predicted octanol–water partition coefficient (Wildman–Crippen LogP) is -1.31. The Hall–Kier alpha value is -2.41. The fourth-order valence-corrected chi connectivity index (χ4v) is 6.34. The van der Waals surface area contributed by atoms with Gasteiger partial charge in [0.05, 0.1) is 18.3 Å². The summed E-state index contributed by atoms with van der Waals surface area (Å²) >= 11 is 0. The van der Waals surface area contributed by atoms with Crippen molar-refractivity contribution in [3.05, 3.63) is 11.3 Å². The van der Waals surface area contributed by atoms with Gasteiger partial charge in [-0.25, -0.2) is 0 Å². The van der Waals surface area contributed by atoms with Crippen LogP contribution in [-0.2, 0) is 14.4 Å². The molecule has 0 unspecified atom stereocenters. The van der Waals surface area contributed by atoms with Crippen molar-refractivity contribution in [1.82, 2.24) is 31.1 Å². The smallest absolute Gasteiger partial charge is 0.286 e. The number of carbonyl (C=O) groups is 3. The molecule has 0 spiro atoms. The van der Waals surface area contributed by atoms with Gasteiger partial charge in [0.1, 0.15) is 6.10 Å². The number of aliphatic hydroxyl groups excluding tert-OH is 7. The second-order valence-electron chi connectivity index (χ2n) is 14.9. The van der Waals surface area contributed by atoms with Crippen LogP contribution in [0.4, 0.5) is 0 Å². The van der Waals surface area contributed by atoms with E-state index in [-0.39, 0.29) is 72.8 Å². The molecule has 3 amide bonds. The van der Waals surface area contributed by atoms with Crippen molar-refractivity contribution in [3.8, 4) is 0 Å². The summed E-state index contributed by atoms with van der Waals surface area (Å²) in [5.41, 5.74) is 0.777. The predicted molar refractivity (Wildman–Crippen MR) is 203 cm³/mol. The topological polar surface area (TPSA) is 247 Å². The highest BCUT2D eigenvalue weighted by atomic mass is 16.3. The lowest BCUT2D eigenvalue weighted by atomic mass is 9.92. The van der Waals surface area contributed by atoms with E-state index in [1.807, 2.05) is 14.0 Å². The van der Waals surface area contributed by atoms with Crippen LogP contribution >= 0.6 is 0 Å². The molecule has 6 heterocycles. The molecule has 16 nitrogen and oxygen atoms in total. The van der Waals surface area contributed by atoms with Crippen LogP contribution in [0.1, 0.15) is 72.1 Å². The zero-order chi connectivity index (χ0) is 39.9. The molecule has 310 valence electrons. The Morgan fingerprint density at radius 2 is 1.30 bits per heavy atom. The summed E-state index contributed by atoms with van der Waals surface area (Å²) in [4.78, 5) is 35.6. The summed E-state index contributed by atoms with van der Waals surface area (Å²) in [5.74, 6) is 0.404. The summed E-state index contributed by atoms with van der Waals surface area (Å²) in [7, 11) is 4.05. The Bertz CT molecular complexity index is 1050. The van der Waals surface area contributed by atoms with Crippen LogP contribution in [0.2, 0.25) is 0 Å². The standard InChI is InChI=1S/C8H17NO.C7H15NO2.C6H11NO2.C6H9NO2.C6H13NO2.C4H7NO/c1-3-7-4-5-9(2)6-8(7)10;1-8-3-2-6(5-9)7(10)4-8;2*1-4-2-3-7-6(9)5(4)8;8-4-5-1-2-7-3-6(5)9;6-4-2-1-3-5-4/h7-8,10H,3-6H2,1-2H3;6-7,9-10H,2-5H2,1H3;4-5,8H,2-3H2,1H3,(H,7,9);8H,2-3H2,1H3,(H,7,9);5-9H,1-4H2;1-3H2,(H,5,6)/t7-,8+;6-,7-;4-,5-;;5-,6-;/m010.1./s1. The minimum absolute atomic E-state index is 0.0799. The zero-order valence-corrected chi connectivity index (χ0v) is 32.8. The molecule has 0 aromatic rings. The number of hydrogen-bond acceptors (Lipinski definition) is 13. The molecule has 0 aromatic heterocycles. The van der Waals surface area contributed by atoms with Gasteiger partial charge in [-0.2, -0.15) is 0 Å². The monoisotopic (exact) mass is 761 g/mol. The van der Waals surface area contributed by atoms with Gasteiger partial charge in [0.15, 0.2) is 5.76 Å². The van der Waals surface area contributed by atoms with E-state index >= 15 is 0 Å². The number of aliphatic hydroxyl groups is 7. The minimum atomic E-state index is -0.779. The van der Waals surface area contributed by atoms with Gasteiger partial charge in [0.2, 0.25) is 11.8 Å². The van der Waals surface area contributed by atoms with Crippen molar-refractivity contribution >= 4 is 17.7 Å². The number of nitrogens with one attached hydrogen (secondary N) is 4. The van der Waals surface area contributed by atoms with Gasteiger partial charge >= 0.3 is 0 Å². The Morgan fingerprint density at radius 1 is 0.717 bits per heavy atom. The summed E-state index contributed by atoms with van der Waals surface area (Å²) in [5, 5.41) is 74.2. The number of hydrogen-bond donors (Lipinski definition) is 11. The van der Waals surface area contributed by atoms with Gasteiger partial charge in [0.25, 0.3) is 5.91 Å². The highest BCUT2D eigenvalue weighted by Gasteiger charge is 2.27. The molecule has 6 aliphatic rings. The lowest BCUT2D eigenvalue weighted by molar-refractivity contribution is -0.134. The van der Waals surface area contributed by atoms with Gasteiger partial charge in [-0.1, -0.05) is 20.3 Å². The number of rotatable bonds is 3. The van der Waals surface area contributed by atoms with Crippen molar-refractivity contribution in [1.29, 1.82) is 0 Å². The minimum Gasteiger partial charge on any atom is -0.503 e. The maximum absolute atomic E-state index is 10.6. The summed E-state index contributed by atoms with van der Waals surface area (Å²) in [6.07, 6.45) is 5.95. The molecular weight excluding hydrogens is 688 g/mol. The van der Waals surface area contributed by atoms with Crippen molar-refractivity contribution in [3.63, 3.8) is 0 Å². The van der Waals surface area contributed by atoms with Gasteiger partial charge < -0.3 is 66.8 Å². The summed E-state index contributed by atoms with van der Waals surface area (Å²) < 4.78 is 0. The van der Waals surface area contributed by atoms with Crippen LogP contribution in [0.15, 0.2) is 11.3 Å². The van der Waals surface area contributed by atoms with Crippen LogP contribution in [-0.4, -0.2) is 174 Å². The number of carbonyl (C=O) groups excluding carboxylic acids is 3. The number of piperidine rings is 4. The average Bonchev–Trinajstić information content (AvgIpc) is 3.62. The van der Waals surface area contributed by atoms with Crippen LogP contribution in [0.3, 0.4) is 0 Å². The lowest BCUT2D eigenvalue weighted by Gasteiger charge is -2.32. The average molecular weight is 761 g/mol. The van der Waals surface area contributed by atoms with E-state index in [9.17, 15) is 24.6 Å². The molecular formula is C37H72N6O10. The molecule has 5 saturated heterocycles. The Labute approximate surface area is 316 Å². The van der Waals surface area contributed by atoms with Gasteiger partial charge in [-0.3, -0.25) is 14.4 Å². The first kappa shape index (κ1) is 48.6. The van der Waals surface area contributed by atoms with Crippen molar-refractivity contribution < 1.29 is 50.1 Å². The first-order valence-electron chi connectivity index (χ1n) is 19.4. The van der Waals surface area contributed by atoms with Crippen molar-refractivity contribution in [2.24, 2.45) is 23.7 Å². The maximum Gasteiger partial charge on any atom is 0.286 e. The second kappa shape index (κ2) is 27.2. The van der Waals surface area contributed by atoms with E-state index < -0.39 is 6.10 Å². The highest BCUT2D eigenvalue weighted by Crippen LogP contribution is 2.19. The van der Waals surface area contributed by atoms with Gasteiger partial charge in [0, 0.05) is 70.7 Å². The van der Waals surface area contributed by atoms with Crippen LogP contribution in [0, 0.1) is 23.7 Å². The number of β-amino-alcohol motifs (C(OH)–C–C–N with tert-alkyl or cyclic N) is 3. The molecule has 0 radical (unpaired) electrons. The quantitative estimate of drug-likeness (QED) is 0.160. The van der Waals surface area contributed by atoms with Crippen LogP contribution in [0.25, 0.3) is 0 Å². The van der Waals surface area contributed by atoms with E-state index in [4.69, 9.17) is 25.5 Å². The second-order valence-corrected chi connectivity index (χ2v) is 14.9. The zero-order valence-electron chi connectivity index (χ0n) is 32.8. The number of amides is 3. The molecule has 16 heteroatoms. The lowest BCUT2D eigenvalue weighted by Crippen LogP contribution is -2.44. The molecule has 0 aliphatic carbocycles. The third-order valence-electron chi connectivity index (χ3n) is 10.4. The number of nitrogens with zero attached hydrogens (tertiary/aromatic N) is 2. The van der Waals surface area contributed by atoms with Crippen LogP contribution in [0.5, 0.6) is 0 Å². The molecule has 0 saturated carbocycles. The first-order valence-corrected chi connectivity index (χ1v) is 19.4. The Balaban J connectivity index is 0.000000320. The number of likely N-dealkylation sites (N-methyl/N-ethyl adjacent to an activating group) is 2. The van der Waals surface area contributed by atoms with Gasteiger partial charge in [-0.15, -0.1) is 0 Å². The summed E-state index contributed by atoms with van der Waals surface area (Å²) in [6, 6.07) is 0. The van der Waals surface area contributed by atoms with E-state index in [1.54, 1.807) is 6.92 Å². The molecule has 8 atom stereocenters. The van der Waals surface area contributed by atoms with Crippen molar-refractivity contribution in [2.75, 3.05) is 86.2 Å².